The molecule has 0 fully saturated rings. The van der Waals surface area contributed by atoms with Crippen LogP contribution in [0.4, 0.5) is 18.9 Å². The lowest BCUT2D eigenvalue weighted by molar-refractivity contribution is 0.515. The van der Waals surface area contributed by atoms with Crippen molar-refractivity contribution in [1.82, 2.24) is 4.98 Å². The summed E-state index contributed by atoms with van der Waals surface area (Å²) >= 11 is 5.47. The van der Waals surface area contributed by atoms with Crippen LogP contribution < -0.4 is 4.72 Å². The molecule has 0 saturated heterocycles. The minimum Gasteiger partial charge on any atom is -0.275 e. The van der Waals surface area contributed by atoms with Crippen LogP contribution in [0.1, 0.15) is 0 Å². The van der Waals surface area contributed by atoms with Gasteiger partial charge in [-0.3, -0.25) is 4.72 Å². The second kappa shape index (κ2) is 5.29. The molecule has 0 bridgehead atoms. The molecule has 0 radical (unpaired) electrons. The van der Waals surface area contributed by atoms with Crippen molar-refractivity contribution in [1.29, 1.82) is 0 Å². The van der Waals surface area contributed by atoms with Crippen LogP contribution in [0.3, 0.4) is 0 Å². The molecular weight excluding hydrogens is 317 g/mol. The van der Waals surface area contributed by atoms with Crippen LogP contribution in [0.15, 0.2) is 35.2 Å². The number of anilines is 1. The van der Waals surface area contributed by atoms with E-state index in [1.165, 1.54) is 6.07 Å². The van der Waals surface area contributed by atoms with Gasteiger partial charge in [0.15, 0.2) is 5.82 Å². The molecule has 1 aromatic heterocycles. The third-order valence-electron chi connectivity index (χ3n) is 2.26. The smallest absolute Gasteiger partial charge is 0.265 e. The van der Waals surface area contributed by atoms with Crippen molar-refractivity contribution in [2.75, 3.05) is 4.72 Å². The van der Waals surface area contributed by atoms with Crippen molar-refractivity contribution in [3.63, 3.8) is 0 Å². The van der Waals surface area contributed by atoms with Gasteiger partial charge in [-0.2, -0.15) is 13.8 Å². The first kappa shape index (κ1) is 14.6. The minimum absolute atomic E-state index is 0.398. The molecule has 2 aromatic rings. The highest BCUT2D eigenvalue weighted by atomic mass is 35.5. The Morgan fingerprint density at radius 2 is 1.80 bits per heavy atom. The van der Waals surface area contributed by atoms with Crippen LogP contribution in [0.2, 0.25) is 5.02 Å². The average molecular weight is 323 g/mol. The molecule has 1 aromatic carbocycles. The van der Waals surface area contributed by atoms with Gasteiger partial charge in [-0.05, 0) is 24.3 Å². The number of hydrogen-bond donors (Lipinski definition) is 1. The summed E-state index contributed by atoms with van der Waals surface area (Å²) in [6, 6.07) is 4.93. The quantitative estimate of drug-likeness (QED) is 0.884. The summed E-state index contributed by atoms with van der Waals surface area (Å²) in [5.41, 5.74) is -0.606. The predicted octanol–water partition coefficient (Wildman–Crippen LogP) is 2.95. The zero-order chi connectivity index (χ0) is 14.9. The van der Waals surface area contributed by atoms with E-state index in [4.69, 9.17) is 11.6 Å². The molecule has 0 spiro atoms. The number of pyridine rings is 1. The lowest BCUT2D eigenvalue weighted by Gasteiger charge is -2.09. The number of nitrogens with one attached hydrogen (secondary N) is 1. The molecule has 0 saturated carbocycles. The van der Waals surface area contributed by atoms with Crippen LogP contribution >= 0.6 is 11.6 Å². The number of halogens is 4. The Labute approximate surface area is 117 Å². The van der Waals surface area contributed by atoms with E-state index in [1.807, 2.05) is 0 Å². The topological polar surface area (TPSA) is 59.1 Å². The van der Waals surface area contributed by atoms with Gasteiger partial charge in [-0.15, -0.1) is 0 Å². The van der Waals surface area contributed by atoms with Gasteiger partial charge in [-0.1, -0.05) is 17.7 Å². The predicted molar refractivity (Wildman–Crippen MR) is 66.4 cm³/mol. The molecule has 4 nitrogen and oxygen atoms in total. The SMILES string of the molecule is O=S(=O)(Nc1ccc(F)nc1F)c1cccc(Cl)c1F. The van der Waals surface area contributed by atoms with Crippen LogP contribution in [0, 0.1) is 17.7 Å². The van der Waals surface area contributed by atoms with Crippen molar-refractivity contribution in [3.8, 4) is 0 Å². The first-order valence-electron chi connectivity index (χ1n) is 5.10. The lowest BCUT2D eigenvalue weighted by atomic mass is 10.3. The van der Waals surface area contributed by atoms with Gasteiger partial charge in [0.1, 0.15) is 10.6 Å². The van der Waals surface area contributed by atoms with Crippen molar-refractivity contribution in [2.24, 2.45) is 0 Å². The normalized spacial score (nSPS) is 11.4. The molecule has 20 heavy (non-hydrogen) atoms. The molecule has 9 heteroatoms. The number of benzene rings is 1. The Kier molecular flexibility index (Phi) is 3.87. The van der Waals surface area contributed by atoms with Crippen molar-refractivity contribution >= 4 is 27.3 Å². The number of nitrogens with zero attached hydrogens (tertiary/aromatic N) is 1. The zero-order valence-electron chi connectivity index (χ0n) is 9.57. The van der Waals surface area contributed by atoms with E-state index in [9.17, 15) is 21.6 Å². The molecule has 0 aliphatic rings. The number of sulfonamides is 1. The van der Waals surface area contributed by atoms with Gasteiger partial charge in [0.25, 0.3) is 10.0 Å². The maximum absolute atomic E-state index is 13.6. The number of aromatic nitrogens is 1. The molecule has 0 aliphatic carbocycles. The molecule has 0 atom stereocenters. The van der Waals surface area contributed by atoms with Gasteiger partial charge in [0, 0.05) is 0 Å². The highest BCUT2D eigenvalue weighted by Crippen LogP contribution is 2.24. The maximum Gasteiger partial charge on any atom is 0.265 e. The molecule has 0 amide bonds. The van der Waals surface area contributed by atoms with Gasteiger partial charge in [0.05, 0.1) is 5.02 Å². The molecule has 2 rings (SSSR count). The van der Waals surface area contributed by atoms with E-state index in [1.54, 1.807) is 4.72 Å². The highest BCUT2D eigenvalue weighted by molar-refractivity contribution is 7.92. The van der Waals surface area contributed by atoms with E-state index in [2.05, 4.69) is 4.98 Å². The summed E-state index contributed by atoms with van der Waals surface area (Å²) < 4.78 is 65.1. The van der Waals surface area contributed by atoms with Crippen molar-refractivity contribution in [2.45, 2.75) is 4.90 Å². The summed E-state index contributed by atoms with van der Waals surface area (Å²) in [5, 5.41) is -0.398. The van der Waals surface area contributed by atoms with Crippen LogP contribution in [-0.2, 0) is 10.0 Å². The Morgan fingerprint density at radius 1 is 1.10 bits per heavy atom. The molecule has 106 valence electrons. The zero-order valence-corrected chi connectivity index (χ0v) is 11.1. The maximum atomic E-state index is 13.6. The van der Waals surface area contributed by atoms with Gasteiger partial charge < -0.3 is 0 Å². The third kappa shape index (κ3) is 2.86. The fourth-order valence-corrected chi connectivity index (χ4v) is 2.77. The highest BCUT2D eigenvalue weighted by Gasteiger charge is 2.22. The second-order valence-corrected chi connectivity index (χ2v) is 5.69. The Balaban J connectivity index is 2.44. The van der Waals surface area contributed by atoms with E-state index < -0.39 is 43.3 Å². The van der Waals surface area contributed by atoms with Crippen molar-refractivity contribution in [3.05, 3.63) is 53.1 Å². The first-order valence-corrected chi connectivity index (χ1v) is 6.96. The number of rotatable bonds is 3. The monoisotopic (exact) mass is 322 g/mol. The summed E-state index contributed by atoms with van der Waals surface area (Å²) in [4.78, 5) is 2.06. The second-order valence-electron chi connectivity index (χ2n) is 3.63. The van der Waals surface area contributed by atoms with Crippen LogP contribution in [0.25, 0.3) is 0 Å². The Bertz CT molecular complexity index is 768. The summed E-state index contributed by atoms with van der Waals surface area (Å²) in [6.45, 7) is 0. The van der Waals surface area contributed by atoms with Crippen LogP contribution in [-0.4, -0.2) is 13.4 Å². The fraction of sp³-hybridized carbons (Fsp3) is 0. The van der Waals surface area contributed by atoms with Crippen molar-refractivity contribution < 1.29 is 21.6 Å². The summed E-state index contributed by atoms with van der Waals surface area (Å²) in [6.07, 6.45) is 0. The lowest BCUT2D eigenvalue weighted by Crippen LogP contribution is -2.16. The third-order valence-corrected chi connectivity index (χ3v) is 3.94. The molecule has 1 heterocycles. The molecule has 0 unspecified atom stereocenters. The Morgan fingerprint density at radius 3 is 2.45 bits per heavy atom. The molecule has 0 aliphatic heterocycles. The van der Waals surface area contributed by atoms with E-state index in [0.717, 1.165) is 24.3 Å². The molecular formula is C11H6ClF3N2O2S. The number of hydrogen-bond acceptors (Lipinski definition) is 3. The molecule has 1 N–H and O–H groups in total. The van der Waals surface area contributed by atoms with E-state index in [0.29, 0.717) is 0 Å². The largest absolute Gasteiger partial charge is 0.275 e. The van der Waals surface area contributed by atoms with E-state index >= 15 is 0 Å². The fourth-order valence-electron chi connectivity index (χ4n) is 1.38. The summed E-state index contributed by atoms with van der Waals surface area (Å²) in [5.74, 6) is -3.65. The standard InChI is InChI=1S/C11H6ClF3N2O2S/c12-6-2-1-3-8(10(6)14)20(18,19)17-7-4-5-9(13)16-11(7)15/h1-5,17H. The van der Waals surface area contributed by atoms with Gasteiger partial charge >= 0.3 is 0 Å². The van der Waals surface area contributed by atoms with E-state index in [-0.39, 0.29) is 0 Å². The average Bonchev–Trinajstić information content (AvgIpc) is 2.36. The minimum atomic E-state index is -4.41. The Hall–Kier alpha value is -1.80. The summed E-state index contributed by atoms with van der Waals surface area (Å²) in [7, 11) is -4.41. The first-order chi connectivity index (χ1) is 9.31. The van der Waals surface area contributed by atoms with Crippen LogP contribution in [0.5, 0.6) is 0 Å². The van der Waals surface area contributed by atoms with Gasteiger partial charge in [-0.25, -0.2) is 12.8 Å². The van der Waals surface area contributed by atoms with Gasteiger partial charge in [0.2, 0.25) is 11.9 Å².